The van der Waals surface area contributed by atoms with Crippen LogP contribution in [-0.2, 0) is 4.74 Å². The summed E-state index contributed by atoms with van der Waals surface area (Å²) in [6, 6.07) is 9.30. The lowest BCUT2D eigenvalue weighted by Gasteiger charge is -2.14. The SMILES string of the molecule is O=c1c(-c2ccccc2)cnc2n1[C@@H]1O[C@H](CO)[C@@H](O)[C@@H]1O2. The maximum Gasteiger partial charge on any atom is 0.302 e. The molecule has 3 heterocycles. The number of rotatable bonds is 2. The summed E-state index contributed by atoms with van der Waals surface area (Å²) in [7, 11) is 0. The molecule has 22 heavy (non-hydrogen) atoms. The summed E-state index contributed by atoms with van der Waals surface area (Å²) in [5.41, 5.74) is 0.879. The maximum absolute atomic E-state index is 12.7. The van der Waals surface area contributed by atoms with Gasteiger partial charge >= 0.3 is 6.01 Å². The summed E-state index contributed by atoms with van der Waals surface area (Å²) in [4.78, 5) is 16.9. The van der Waals surface area contributed by atoms with Gasteiger partial charge in [-0.25, -0.2) is 9.55 Å². The Kier molecular flexibility index (Phi) is 3.00. The Morgan fingerprint density at radius 1 is 1.27 bits per heavy atom. The molecule has 4 atom stereocenters. The zero-order valence-electron chi connectivity index (χ0n) is 11.5. The molecule has 0 aliphatic carbocycles. The second kappa shape index (κ2) is 4.91. The number of fused-ring (bicyclic) bond motifs is 3. The van der Waals surface area contributed by atoms with Gasteiger partial charge in [0, 0.05) is 6.20 Å². The highest BCUT2D eigenvalue weighted by atomic mass is 16.6. The van der Waals surface area contributed by atoms with Crippen LogP contribution >= 0.6 is 0 Å². The van der Waals surface area contributed by atoms with Crippen molar-refractivity contribution in [1.29, 1.82) is 0 Å². The van der Waals surface area contributed by atoms with Gasteiger partial charge in [-0.15, -0.1) is 0 Å². The molecule has 2 N–H and O–H groups in total. The first-order valence-corrected chi connectivity index (χ1v) is 6.98. The average Bonchev–Trinajstić information content (AvgIpc) is 3.06. The zero-order valence-corrected chi connectivity index (χ0v) is 11.5. The minimum absolute atomic E-state index is 0.120. The molecule has 0 unspecified atom stereocenters. The molecule has 0 radical (unpaired) electrons. The van der Waals surface area contributed by atoms with E-state index in [0.717, 1.165) is 5.56 Å². The Morgan fingerprint density at radius 3 is 2.77 bits per heavy atom. The largest absolute Gasteiger partial charge is 0.453 e. The van der Waals surface area contributed by atoms with Gasteiger partial charge in [0.15, 0.2) is 12.3 Å². The van der Waals surface area contributed by atoms with E-state index in [9.17, 15) is 15.0 Å². The maximum atomic E-state index is 12.7. The topological polar surface area (TPSA) is 93.8 Å². The second-order valence-electron chi connectivity index (χ2n) is 5.32. The van der Waals surface area contributed by atoms with Gasteiger partial charge in [-0.05, 0) is 5.56 Å². The fourth-order valence-corrected chi connectivity index (χ4v) is 2.91. The molecule has 0 saturated carbocycles. The molecule has 0 spiro atoms. The van der Waals surface area contributed by atoms with Crippen LogP contribution in [0.25, 0.3) is 11.1 Å². The fraction of sp³-hybridized carbons (Fsp3) is 0.333. The van der Waals surface area contributed by atoms with Crippen molar-refractivity contribution >= 4 is 0 Å². The van der Waals surface area contributed by atoms with Gasteiger partial charge in [0.2, 0.25) is 0 Å². The second-order valence-corrected chi connectivity index (χ2v) is 5.32. The molecule has 0 amide bonds. The van der Waals surface area contributed by atoms with Gasteiger partial charge in [-0.3, -0.25) is 4.79 Å². The average molecular weight is 302 g/mol. The number of aliphatic hydroxyl groups excluding tert-OH is 2. The van der Waals surface area contributed by atoms with Gasteiger partial charge in [0.1, 0.15) is 12.2 Å². The number of hydrogen-bond acceptors (Lipinski definition) is 6. The van der Waals surface area contributed by atoms with E-state index in [1.807, 2.05) is 30.3 Å². The van der Waals surface area contributed by atoms with Gasteiger partial charge in [-0.2, -0.15) is 0 Å². The lowest BCUT2D eigenvalue weighted by molar-refractivity contribution is -0.0442. The lowest BCUT2D eigenvalue weighted by atomic mass is 10.1. The number of benzene rings is 1. The van der Waals surface area contributed by atoms with Crippen LogP contribution in [0.4, 0.5) is 0 Å². The summed E-state index contributed by atoms with van der Waals surface area (Å²) in [6.45, 7) is -0.340. The van der Waals surface area contributed by atoms with Crippen LogP contribution in [0.15, 0.2) is 41.3 Å². The molecule has 2 aliphatic rings. The minimum atomic E-state index is -1.00. The first-order valence-electron chi connectivity index (χ1n) is 6.98. The molecule has 1 fully saturated rings. The van der Waals surface area contributed by atoms with Gasteiger partial charge < -0.3 is 19.7 Å². The number of aliphatic hydroxyl groups is 2. The Morgan fingerprint density at radius 2 is 2.05 bits per heavy atom. The van der Waals surface area contributed by atoms with Gasteiger partial charge in [-0.1, -0.05) is 30.3 Å². The molecule has 7 nitrogen and oxygen atoms in total. The molecular formula is C15H14N2O5. The highest BCUT2D eigenvalue weighted by Crippen LogP contribution is 2.38. The number of aromatic nitrogens is 2. The molecule has 4 rings (SSSR count). The standard InChI is InChI=1S/C15H14N2O5/c18-7-10-11(19)12-14(21-10)17-13(20)9(6-16-15(17)22-12)8-4-2-1-3-5-8/h1-6,10-12,14,18-19H,7H2/t10-,11-,12+,14-/m1/s1. The molecule has 1 aromatic heterocycles. The molecule has 7 heteroatoms. The Hall–Kier alpha value is -2.22. The van der Waals surface area contributed by atoms with E-state index in [1.165, 1.54) is 10.8 Å². The first-order chi connectivity index (χ1) is 10.7. The molecule has 2 aromatic rings. The van der Waals surface area contributed by atoms with Crippen LogP contribution in [-0.4, -0.2) is 44.7 Å². The number of hydrogen-bond donors (Lipinski definition) is 2. The molecule has 1 saturated heterocycles. The normalized spacial score (nSPS) is 29.0. The highest BCUT2D eigenvalue weighted by Gasteiger charge is 2.51. The molecular weight excluding hydrogens is 288 g/mol. The van der Waals surface area contributed by atoms with E-state index < -0.39 is 24.5 Å². The van der Waals surface area contributed by atoms with Crippen molar-refractivity contribution in [3.05, 3.63) is 46.9 Å². The van der Waals surface area contributed by atoms with E-state index in [4.69, 9.17) is 9.47 Å². The van der Waals surface area contributed by atoms with Crippen LogP contribution in [0, 0.1) is 0 Å². The van der Waals surface area contributed by atoms with E-state index in [0.29, 0.717) is 5.56 Å². The third-order valence-corrected chi connectivity index (χ3v) is 4.03. The third-order valence-electron chi connectivity index (χ3n) is 4.03. The summed E-state index contributed by atoms with van der Waals surface area (Å²) in [6.07, 6.45) is -1.82. The predicted octanol–water partition coefficient (Wildman–Crippen LogP) is -0.0781. The van der Waals surface area contributed by atoms with Gasteiger partial charge in [0.05, 0.1) is 12.2 Å². The molecule has 0 bridgehead atoms. The van der Waals surface area contributed by atoms with E-state index in [1.54, 1.807) is 0 Å². The monoisotopic (exact) mass is 302 g/mol. The highest BCUT2D eigenvalue weighted by molar-refractivity contribution is 5.61. The van der Waals surface area contributed by atoms with Crippen molar-refractivity contribution < 1.29 is 19.7 Å². The van der Waals surface area contributed by atoms with Crippen molar-refractivity contribution in [2.45, 2.75) is 24.5 Å². The van der Waals surface area contributed by atoms with Crippen molar-refractivity contribution in [2.24, 2.45) is 0 Å². The van der Waals surface area contributed by atoms with Crippen molar-refractivity contribution in [3.63, 3.8) is 0 Å². The first kappa shape index (κ1) is 13.4. The fourth-order valence-electron chi connectivity index (χ4n) is 2.91. The minimum Gasteiger partial charge on any atom is -0.453 e. The third kappa shape index (κ3) is 1.80. The van der Waals surface area contributed by atoms with Crippen molar-refractivity contribution in [1.82, 2.24) is 9.55 Å². The smallest absolute Gasteiger partial charge is 0.302 e. The predicted molar refractivity (Wildman–Crippen MR) is 75.4 cm³/mol. The van der Waals surface area contributed by atoms with E-state index >= 15 is 0 Å². The zero-order chi connectivity index (χ0) is 15.3. The Balaban J connectivity index is 1.81. The summed E-state index contributed by atoms with van der Waals surface area (Å²) < 4.78 is 12.4. The van der Waals surface area contributed by atoms with Crippen LogP contribution in [0.3, 0.4) is 0 Å². The number of nitrogens with zero attached hydrogens (tertiary/aromatic N) is 2. The molecule has 1 aromatic carbocycles. The molecule has 2 aliphatic heterocycles. The quantitative estimate of drug-likeness (QED) is 0.806. The van der Waals surface area contributed by atoms with Crippen LogP contribution < -0.4 is 10.3 Å². The summed E-state index contributed by atoms with van der Waals surface area (Å²) >= 11 is 0. The van der Waals surface area contributed by atoms with E-state index in [2.05, 4.69) is 4.98 Å². The lowest BCUT2D eigenvalue weighted by Crippen LogP contribution is -2.34. The Labute approximate surface area is 125 Å². The van der Waals surface area contributed by atoms with Crippen LogP contribution in [0.2, 0.25) is 0 Å². The van der Waals surface area contributed by atoms with Crippen molar-refractivity contribution in [2.75, 3.05) is 6.61 Å². The molecule has 114 valence electrons. The number of ether oxygens (including phenoxy) is 2. The Bertz CT molecular complexity index is 760. The van der Waals surface area contributed by atoms with E-state index in [-0.39, 0.29) is 18.2 Å². The van der Waals surface area contributed by atoms with Gasteiger partial charge in [0.25, 0.3) is 5.56 Å². The van der Waals surface area contributed by atoms with Crippen molar-refractivity contribution in [3.8, 4) is 17.1 Å². The summed E-state index contributed by atoms with van der Waals surface area (Å²) in [5, 5.41) is 19.3. The summed E-state index contributed by atoms with van der Waals surface area (Å²) in [5.74, 6) is 0. The van der Waals surface area contributed by atoms with Crippen LogP contribution in [0.1, 0.15) is 6.23 Å². The van der Waals surface area contributed by atoms with Crippen LogP contribution in [0.5, 0.6) is 6.01 Å².